The van der Waals surface area contributed by atoms with Crippen molar-refractivity contribution in [1.29, 1.82) is 0 Å². The molecule has 0 fully saturated rings. The van der Waals surface area contributed by atoms with Crippen LogP contribution in [0.25, 0.3) is 11.1 Å². The Kier molecular flexibility index (Phi) is 5.38. The normalized spacial score (nSPS) is 24.3. The van der Waals surface area contributed by atoms with E-state index in [1.807, 2.05) is 32.2 Å². The van der Waals surface area contributed by atoms with Crippen molar-refractivity contribution < 1.29 is 9.59 Å². The molecule has 0 aliphatic carbocycles. The molecule has 2 N–H and O–H groups in total. The molecule has 0 saturated heterocycles. The number of likely N-dealkylation sites (N-methyl/N-ethyl adjacent to an activating group) is 1. The van der Waals surface area contributed by atoms with Gasteiger partial charge in [-0.1, -0.05) is 25.1 Å². The number of carbonyl (C=O) groups excluding carboxylic acids is 2. The Morgan fingerprint density at radius 3 is 2.80 bits per heavy atom. The molecule has 2 amide bonds. The maximum absolute atomic E-state index is 13.5. The molecule has 5 rings (SSSR count). The topological polar surface area (TPSA) is 104 Å². The summed E-state index contributed by atoms with van der Waals surface area (Å²) in [6, 6.07) is 8.23. The van der Waals surface area contributed by atoms with Crippen molar-refractivity contribution in [2.24, 2.45) is 10.2 Å². The van der Waals surface area contributed by atoms with Crippen LogP contribution in [-0.2, 0) is 21.5 Å². The van der Waals surface area contributed by atoms with Gasteiger partial charge < -0.3 is 15.5 Å². The summed E-state index contributed by atoms with van der Waals surface area (Å²) in [5, 5.41) is 19.7. The zero-order chi connectivity index (χ0) is 25.0. The van der Waals surface area contributed by atoms with Gasteiger partial charge in [0.2, 0.25) is 5.91 Å². The lowest BCUT2D eigenvalue weighted by molar-refractivity contribution is -0.129. The van der Waals surface area contributed by atoms with Gasteiger partial charge in [0.1, 0.15) is 6.54 Å². The lowest BCUT2D eigenvalue weighted by Crippen LogP contribution is -2.58. The minimum absolute atomic E-state index is 0.0227. The van der Waals surface area contributed by atoms with E-state index in [0.29, 0.717) is 12.8 Å². The van der Waals surface area contributed by atoms with Crippen molar-refractivity contribution in [3.8, 4) is 11.1 Å². The molecule has 182 valence electrons. The van der Waals surface area contributed by atoms with Crippen LogP contribution < -0.4 is 10.6 Å². The number of hydrogen-bond donors (Lipinski definition) is 2. The molecule has 3 aliphatic rings. The maximum Gasteiger partial charge on any atom is 0.250 e. The Balaban J connectivity index is 1.60. The van der Waals surface area contributed by atoms with Gasteiger partial charge in [0.25, 0.3) is 5.91 Å². The summed E-state index contributed by atoms with van der Waals surface area (Å²) in [4.78, 5) is 27.2. The van der Waals surface area contributed by atoms with Crippen LogP contribution in [0.2, 0.25) is 0 Å². The molecule has 1 unspecified atom stereocenters. The van der Waals surface area contributed by atoms with Gasteiger partial charge in [-0.05, 0) is 37.5 Å². The first-order chi connectivity index (χ1) is 16.6. The van der Waals surface area contributed by atoms with E-state index >= 15 is 0 Å². The molecule has 0 saturated carbocycles. The van der Waals surface area contributed by atoms with E-state index in [1.165, 1.54) is 0 Å². The van der Waals surface area contributed by atoms with E-state index in [2.05, 4.69) is 45.0 Å². The summed E-state index contributed by atoms with van der Waals surface area (Å²) in [6.07, 6.45) is 6.56. The summed E-state index contributed by atoms with van der Waals surface area (Å²) >= 11 is 0. The van der Waals surface area contributed by atoms with Crippen LogP contribution >= 0.6 is 0 Å². The summed E-state index contributed by atoms with van der Waals surface area (Å²) in [5.74, 6) is -0.0808. The van der Waals surface area contributed by atoms with E-state index < -0.39 is 5.41 Å². The minimum Gasteiger partial charge on any atom is -0.362 e. The molecular weight excluding hydrogens is 442 g/mol. The van der Waals surface area contributed by atoms with Crippen molar-refractivity contribution in [2.75, 3.05) is 14.1 Å². The smallest absolute Gasteiger partial charge is 0.250 e. The van der Waals surface area contributed by atoms with E-state index in [9.17, 15) is 9.59 Å². The summed E-state index contributed by atoms with van der Waals surface area (Å²) in [5.41, 5.74) is 4.57. The van der Waals surface area contributed by atoms with Crippen molar-refractivity contribution >= 4 is 11.8 Å². The number of benzene rings is 1. The SMILES string of the molecule is CC[C@@]1(c2cccc(-c3cnn(CC(=O)N(C)C)c3)c2)C2=CN=NC2NC2=C1C(=O)NC(C)(C)C2. The highest BCUT2D eigenvalue weighted by Gasteiger charge is 2.53. The first kappa shape index (κ1) is 23.0. The zero-order valence-electron chi connectivity index (χ0n) is 20.8. The third kappa shape index (κ3) is 3.75. The van der Waals surface area contributed by atoms with Gasteiger partial charge >= 0.3 is 0 Å². The average Bonchev–Trinajstić information content (AvgIpc) is 3.46. The predicted octanol–water partition coefficient (Wildman–Crippen LogP) is 3.12. The highest BCUT2D eigenvalue weighted by molar-refractivity contribution is 6.00. The number of azo groups is 1. The molecule has 0 bridgehead atoms. The molecule has 9 nitrogen and oxygen atoms in total. The number of carbonyl (C=O) groups is 2. The molecule has 0 radical (unpaired) electrons. The summed E-state index contributed by atoms with van der Waals surface area (Å²) in [6.45, 7) is 6.35. The van der Waals surface area contributed by atoms with Crippen LogP contribution in [0.1, 0.15) is 39.2 Å². The number of aromatic nitrogens is 2. The fourth-order valence-corrected chi connectivity index (χ4v) is 5.45. The van der Waals surface area contributed by atoms with Crippen molar-refractivity contribution in [3.05, 3.63) is 65.3 Å². The third-order valence-electron chi connectivity index (χ3n) is 7.15. The van der Waals surface area contributed by atoms with Gasteiger partial charge in [-0.25, -0.2) is 0 Å². The number of fused-ring (bicyclic) bond motifs is 1. The third-order valence-corrected chi connectivity index (χ3v) is 7.15. The second kappa shape index (κ2) is 8.18. The molecular formula is C26H31N7O2. The fourth-order valence-electron chi connectivity index (χ4n) is 5.45. The lowest BCUT2D eigenvalue weighted by Gasteiger charge is -2.48. The first-order valence-corrected chi connectivity index (χ1v) is 11.9. The van der Waals surface area contributed by atoms with Crippen LogP contribution in [0.3, 0.4) is 0 Å². The van der Waals surface area contributed by atoms with Crippen LogP contribution in [0.15, 0.2) is 69.9 Å². The molecule has 2 aromatic rings. The predicted molar refractivity (Wildman–Crippen MR) is 132 cm³/mol. The van der Waals surface area contributed by atoms with Crippen LogP contribution in [0, 0.1) is 0 Å². The molecule has 9 heteroatoms. The molecule has 0 spiro atoms. The summed E-state index contributed by atoms with van der Waals surface area (Å²) in [7, 11) is 3.46. The Labute approximate surface area is 205 Å². The Morgan fingerprint density at radius 1 is 1.26 bits per heavy atom. The maximum atomic E-state index is 13.5. The number of nitrogens with zero attached hydrogens (tertiary/aromatic N) is 5. The number of hydrogen-bond acceptors (Lipinski definition) is 6. The average molecular weight is 474 g/mol. The fraction of sp³-hybridized carbons (Fsp3) is 0.423. The first-order valence-electron chi connectivity index (χ1n) is 11.9. The Hall–Kier alpha value is -3.75. The van der Waals surface area contributed by atoms with Crippen molar-refractivity contribution in [2.45, 2.75) is 57.3 Å². The second-order valence-corrected chi connectivity index (χ2v) is 10.3. The van der Waals surface area contributed by atoms with E-state index in [4.69, 9.17) is 0 Å². The van der Waals surface area contributed by atoms with Gasteiger partial charge in [0, 0.05) is 49.1 Å². The molecule has 2 atom stereocenters. The highest BCUT2D eigenvalue weighted by Crippen LogP contribution is 2.51. The molecule has 1 aromatic heterocycles. The molecule has 4 heterocycles. The number of nitrogens with one attached hydrogen (secondary N) is 2. The minimum atomic E-state index is -0.651. The summed E-state index contributed by atoms with van der Waals surface area (Å²) < 4.78 is 1.65. The van der Waals surface area contributed by atoms with E-state index in [-0.39, 0.29) is 30.1 Å². The molecule has 35 heavy (non-hydrogen) atoms. The monoisotopic (exact) mass is 473 g/mol. The van der Waals surface area contributed by atoms with E-state index in [0.717, 1.165) is 33.5 Å². The quantitative estimate of drug-likeness (QED) is 0.696. The second-order valence-electron chi connectivity index (χ2n) is 10.3. The van der Waals surface area contributed by atoms with Crippen LogP contribution in [0.4, 0.5) is 0 Å². The van der Waals surface area contributed by atoms with Crippen molar-refractivity contribution in [1.82, 2.24) is 25.3 Å². The van der Waals surface area contributed by atoms with Gasteiger partial charge in [0.05, 0.1) is 23.4 Å². The number of rotatable bonds is 5. The zero-order valence-corrected chi connectivity index (χ0v) is 20.8. The van der Waals surface area contributed by atoms with E-state index in [1.54, 1.807) is 36.1 Å². The van der Waals surface area contributed by atoms with Gasteiger partial charge in [0.15, 0.2) is 6.17 Å². The largest absolute Gasteiger partial charge is 0.362 e. The van der Waals surface area contributed by atoms with Gasteiger partial charge in [-0.3, -0.25) is 14.3 Å². The molecule has 1 aromatic carbocycles. The van der Waals surface area contributed by atoms with Gasteiger partial charge in [-0.2, -0.15) is 15.3 Å². The standard InChI is InChI=1S/C26H31N7O2/c1-6-26(19-13-27-31-23(19)29-20-11-25(2,3)30-24(35)22(20)26)18-9-7-8-16(10-18)17-12-28-33(14-17)15-21(34)32(4)5/h7-10,12-14,23,29H,6,11,15H2,1-5H3,(H,30,35)/t23?,26-/m1/s1. The number of amides is 2. The van der Waals surface area contributed by atoms with Gasteiger partial charge in [-0.15, -0.1) is 0 Å². The lowest BCUT2D eigenvalue weighted by atomic mass is 9.62. The Morgan fingerprint density at radius 2 is 2.06 bits per heavy atom. The Bertz CT molecular complexity index is 1300. The highest BCUT2D eigenvalue weighted by atomic mass is 16.2. The van der Waals surface area contributed by atoms with Crippen LogP contribution in [-0.4, -0.2) is 52.3 Å². The van der Waals surface area contributed by atoms with Crippen molar-refractivity contribution in [3.63, 3.8) is 0 Å². The molecule has 3 aliphatic heterocycles. The van der Waals surface area contributed by atoms with Crippen LogP contribution in [0.5, 0.6) is 0 Å².